The fraction of sp³-hybridized carbons (Fsp3) is 0.727. The molecular weight excluding hydrogens is 206 g/mol. The smallest absolute Gasteiger partial charge is 0.167 e. The molecule has 0 aromatic carbocycles. The highest BCUT2D eigenvalue weighted by Gasteiger charge is 2.13. The molecule has 0 fully saturated rings. The molecule has 0 aliphatic carbocycles. The Morgan fingerprint density at radius 3 is 2.67 bits per heavy atom. The van der Waals surface area contributed by atoms with Gasteiger partial charge in [0.05, 0.1) is 0 Å². The molecule has 1 atom stereocenters. The maximum absolute atomic E-state index is 4.30. The Labute approximate surface area is 96.7 Å². The minimum Gasteiger partial charge on any atom is -0.329 e. The Morgan fingerprint density at radius 2 is 2.20 bits per heavy atom. The van der Waals surface area contributed by atoms with Crippen LogP contribution in [-0.2, 0) is 7.05 Å². The highest BCUT2D eigenvalue weighted by atomic mass is 32.2. The summed E-state index contributed by atoms with van der Waals surface area (Å²) in [6.45, 7) is 9.78. The van der Waals surface area contributed by atoms with Crippen molar-refractivity contribution in [3.8, 4) is 0 Å². The van der Waals surface area contributed by atoms with Crippen molar-refractivity contribution in [2.75, 3.05) is 6.54 Å². The summed E-state index contributed by atoms with van der Waals surface area (Å²) in [4.78, 5) is 4.30. The van der Waals surface area contributed by atoms with Gasteiger partial charge in [-0.05, 0) is 20.8 Å². The van der Waals surface area contributed by atoms with Gasteiger partial charge in [0.1, 0.15) is 0 Å². The molecule has 86 valence electrons. The largest absolute Gasteiger partial charge is 0.329 e. The zero-order valence-corrected chi connectivity index (χ0v) is 11.1. The van der Waals surface area contributed by atoms with Gasteiger partial charge in [-0.1, -0.05) is 18.7 Å². The summed E-state index contributed by atoms with van der Waals surface area (Å²) in [6, 6.07) is 0. The van der Waals surface area contributed by atoms with E-state index in [-0.39, 0.29) is 5.54 Å². The molecule has 0 saturated carbocycles. The number of imidazole rings is 1. The summed E-state index contributed by atoms with van der Waals surface area (Å²) >= 11 is 1.81. The van der Waals surface area contributed by atoms with Gasteiger partial charge >= 0.3 is 0 Å². The van der Waals surface area contributed by atoms with Crippen molar-refractivity contribution >= 4 is 11.8 Å². The van der Waals surface area contributed by atoms with Crippen LogP contribution in [0.3, 0.4) is 0 Å². The number of nitrogens with zero attached hydrogens (tertiary/aromatic N) is 2. The molecule has 1 unspecified atom stereocenters. The third-order valence-corrected chi connectivity index (χ3v) is 3.18. The average molecular weight is 227 g/mol. The molecular formula is C11H21N3S. The molecule has 1 heterocycles. The number of aryl methyl sites for hydroxylation is 1. The lowest BCUT2D eigenvalue weighted by Crippen LogP contribution is -2.39. The SMILES string of the molecule is CC(CNC(C)(C)C)Sc1nccn1C. The van der Waals surface area contributed by atoms with Crippen LogP contribution in [0.2, 0.25) is 0 Å². The number of hydrogen-bond acceptors (Lipinski definition) is 3. The predicted octanol–water partition coefficient (Wildman–Crippen LogP) is 2.29. The summed E-state index contributed by atoms with van der Waals surface area (Å²) in [5, 5.41) is 5.11. The van der Waals surface area contributed by atoms with Crippen molar-refractivity contribution in [3.63, 3.8) is 0 Å². The van der Waals surface area contributed by atoms with E-state index in [9.17, 15) is 0 Å². The van der Waals surface area contributed by atoms with E-state index in [2.05, 4.69) is 42.6 Å². The van der Waals surface area contributed by atoms with Crippen molar-refractivity contribution in [3.05, 3.63) is 12.4 Å². The number of aromatic nitrogens is 2. The Morgan fingerprint density at radius 1 is 1.53 bits per heavy atom. The highest BCUT2D eigenvalue weighted by molar-refractivity contribution is 7.99. The predicted molar refractivity (Wildman–Crippen MR) is 66.3 cm³/mol. The second-order valence-corrected chi connectivity index (χ2v) is 6.29. The van der Waals surface area contributed by atoms with Crippen LogP contribution in [0.15, 0.2) is 17.6 Å². The van der Waals surface area contributed by atoms with Gasteiger partial charge in [-0.15, -0.1) is 0 Å². The first-order valence-corrected chi connectivity index (χ1v) is 6.15. The lowest BCUT2D eigenvalue weighted by molar-refractivity contribution is 0.429. The van der Waals surface area contributed by atoms with E-state index in [1.54, 1.807) is 11.8 Å². The third-order valence-electron chi connectivity index (χ3n) is 2.00. The quantitative estimate of drug-likeness (QED) is 0.800. The Bertz CT molecular complexity index is 301. The van der Waals surface area contributed by atoms with Crippen LogP contribution in [0.25, 0.3) is 0 Å². The molecule has 0 amide bonds. The van der Waals surface area contributed by atoms with E-state index in [1.165, 1.54) is 0 Å². The van der Waals surface area contributed by atoms with E-state index in [1.807, 2.05) is 19.4 Å². The summed E-state index contributed by atoms with van der Waals surface area (Å²) in [6.07, 6.45) is 3.82. The van der Waals surface area contributed by atoms with Crippen molar-refractivity contribution in [2.45, 2.75) is 43.6 Å². The van der Waals surface area contributed by atoms with Crippen molar-refractivity contribution in [1.29, 1.82) is 0 Å². The average Bonchev–Trinajstić information content (AvgIpc) is 2.47. The molecule has 0 spiro atoms. The standard InChI is InChI=1S/C11H21N3S/c1-9(8-13-11(2,3)4)15-10-12-6-7-14(10)5/h6-7,9,13H,8H2,1-5H3. The third kappa shape index (κ3) is 4.71. The Balaban J connectivity index is 2.37. The molecule has 1 N–H and O–H groups in total. The summed E-state index contributed by atoms with van der Waals surface area (Å²) in [5.41, 5.74) is 0.191. The van der Waals surface area contributed by atoms with Gasteiger partial charge in [0.2, 0.25) is 0 Å². The highest BCUT2D eigenvalue weighted by Crippen LogP contribution is 2.20. The maximum Gasteiger partial charge on any atom is 0.167 e. The maximum atomic E-state index is 4.30. The van der Waals surface area contributed by atoms with Gasteiger partial charge < -0.3 is 9.88 Å². The van der Waals surface area contributed by atoms with Crippen LogP contribution in [0.5, 0.6) is 0 Å². The summed E-state index contributed by atoms with van der Waals surface area (Å²) < 4.78 is 2.05. The molecule has 3 nitrogen and oxygen atoms in total. The van der Waals surface area contributed by atoms with E-state index in [4.69, 9.17) is 0 Å². The normalized spacial score (nSPS) is 14.2. The topological polar surface area (TPSA) is 29.9 Å². The Hall–Kier alpha value is -0.480. The number of hydrogen-bond donors (Lipinski definition) is 1. The molecule has 1 rings (SSSR count). The minimum absolute atomic E-state index is 0.191. The van der Waals surface area contributed by atoms with Gasteiger partial charge in [0.15, 0.2) is 5.16 Å². The van der Waals surface area contributed by atoms with Gasteiger partial charge in [0.25, 0.3) is 0 Å². The van der Waals surface area contributed by atoms with Gasteiger partial charge in [-0.25, -0.2) is 4.98 Å². The van der Waals surface area contributed by atoms with Crippen LogP contribution in [-0.4, -0.2) is 26.9 Å². The van der Waals surface area contributed by atoms with Crippen molar-refractivity contribution in [1.82, 2.24) is 14.9 Å². The first-order chi connectivity index (χ1) is 6.88. The fourth-order valence-electron chi connectivity index (χ4n) is 1.14. The summed E-state index contributed by atoms with van der Waals surface area (Å²) in [7, 11) is 2.03. The monoisotopic (exact) mass is 227 g/mol. The zero-order chi connectivity index (χ0) is 11.5. The second-order valence-electron chi connectivity index (χ2n) is 4.88. The number of nitrogens with one attached hydrogen (secondary N) is 1. The Kier molecular flexibility index (Phi) is 4.22. The molecule has 1 aromatic heterocycles. The van der Waals surface area contributed by atoms with E-state index in [0.29, 0.717) is 5.25 Å². The molecule has 1 aromatic rings. The molecule has 0 saturated heterocycles. The van der Waals surface area contributed by atoms with E-state index in [0.717, 1.165) is 11.7 Å². The first kappa shape index (κ1) is 12.6. The molecule has 0 bridgehead atoms. The molecule has 4 heteroatoms. The van der Waals surface area contributed by atoms with Crippen LogP contribution in [0.4, 0.5) is 0 Å². The van der Waals surface area contributed by atoms with Crippen LogP contribution < -0.4 is 5.32 Å². The van der Waals surface area contributed by atoms with Gasteiger partial charge in [-0.2, -0.15) is 0 Å². The second kappa shape index (κ2) is 5.03. The van der Waals surface area contributed by atoms with Crippen LogP contribution in [0, 0.1) is 0 Å². The van der Waals surface area contributed by atoms with Gasteiger partial charge in [0, 0.05) is 36.8 Å². The van der Waals surface area contributed by atoms with Crippen molar-refractivity contribution < 1.29 is 0 Å². The molecule has 0 aliphatic heterocycles. The number of rotatable bonds is 4. The van der Waals surface area contributed by atoms with Crippen LogP contribution >= 0.6 is 11.8 Å². The fourth-order valence-corrected chi connectivity index (χ4v) is 2.01. The lowest BCUT2D eigenvalue weighted by atomic mass is 10.1. The van der Waals surface area contributed by atoms with Gasteiger partial charge in [-0.3, -0.25) is 0 Å². The first-order valence-electron chi connectivity index (χ1n) is 5.27. The van der Waals surface area contributed by atoms with E-state index < -0.39 is 0 Å². The lowest BCUT2D eigenvalue weighted by Gasteiger charge is -2.23. The van der Waals surface area contributed by atoms with E-state index >= 15 is 0 Å². The van der Waals surface area contributed by atoms with Crippen LogP contribution in [0.1, 0.15) is 27.7 Å². The minimum atomic E-state index is 0.191. The molecule has 15 heavy (non-hydrogen) atoms. The molecule has 0 radical (unpaired) electrons. The van der Waals surface area contributed by atoms with Crippen molar-refractivity contribution in [2.24, 2.45) is 7.05 Å². The summed E-state index contributed by atoms with van der Waals surface area (Å²) in [5.74, 6) is 0. The zero-order valence-electron chi connectivity index (χ0n) is 10.2. The molecule has 0 aliphatic rings. The number of thioether (sulfide) groups is 1.